The lowest BCUT2D eigenvalue weighted by molar-refractivity contribution is -0.164. The zero-order valence-electron chi connectivity index (χ0n) is 8.41. The Labute approximate surface area is 84.2 Å². The van der Waals surface area contributed by atoms with Crippen LogP contribution in [0.15, 0.2) is 0 Å². The fourth-order valence-electron chi connectivity index (χ4n) is 1.65. The summed E-state index contributed by atoms with van der Waals surface area (Å²) in [6, 6.07) is 0. The molecule has 82 valence electrons. The van der Waals surface area contributed by atoms with Crippen molar-refractivity contribution in [3.05, 3.63) is 0 Å². The highest BCUT2D eigenvalue weighted by atomic mass is 16.7. The molecule has 1 saturated carbocycles. The average Bonchev–Trinajstić information content (AvgIpc) is 2.46. The minimum atomic E-state index is -0.626. The fraction of sp³-hybridized carbons (Fsp3) is 0.900. The van der Waals surface area contributed by atoms with Gasteiger partial charge in [0.05, 0.1) is 6.10 Å². The van der Waals surface area contributed by atoms with Gasteiger partial charge in [0.15, 0.2) is 6.79 Å². The van der Waals surface area contributed by atoms with E-state index >= 15 is 0 Å². The van der Waals surface area contributed by atoms with E-state index < -0.39 is 12.6 Å². The minimum absolute atomic E-state index is 0.0237. The van der Waals surface area contributed by atoms with Crippen LogP contribution in [0, 0.1) is 0 Å². The Balaban J connectivity index is 2.07. The number of carbonyl (C=O) groups is 1. The van der Waals surface area contributed by atoms with Crippen molar-refractivity contribution in [1.82, 2.24) is 0 Å². The van der Waals surface area contributed by atoms with Gasteiger partial charge in [-0.2, -0.15) is 0 Å². The molecule has 0 radical (unpaired) electrons. The summed E-state index contributed by atoms with van der Waals surface area (Å²) in [6.07, 6.45) is 7.26. The van der Waals surface area contributed by atoms with Gasteiger partial charge in [0.25, 0.3) is 0 Å². The maximum Gasteiger partial charge on any atom is 0.333 e. The lowest BCUT2D eigenvalue weighted by atomic mass is 10.2. The molecule has 0 aromatic carbocycles. The largest absolute Gasteiger partial charge is 0.437 e. The van der Waals surface area contributed by atoms with Crippen LogP contribution in [0.25, 0.3) is 0 Å². The first kappa shape index (κ1) is 11.5. The summed E-state index contributed by atoms with van der Waals surface area (Å²) >= 11 is 0. The Hall–Kier alpha value is -0.610. The quantitative estimate of drug-likeness (QED) is 0.423. The van der Waals surface area contributed by atoms with E-state index in [9.17, 15) is 4.79 Å². The van der Waals surface area contributed by atoms with Crippen LogP contribution in [-0.2, 0) is 14.3 Å². The second kappa shape index (κ2) is 6.79. The Morgan fingerprint density at radius 3 is 2.43 bits per heavy atom. The van der Waals surface area contributed by atoms with Gasteiger partial charge in [-0.1, -0.05) is 25.7 Å². The topological polar surface area (TPSA) is 55.8 Å². The Morgan fingerprint density at radius 1 is 1.21 bits per heavy atom. The predicted molar refractivity (Wildman–Crippen MR) is 50.6 cm³/mol. The number of ether oxygens (including phenoxy) is 2. The van der Waals surface area contributed by atoms with Crippen molar-refractivity contribution in [3.63, 3.8) is 0 Å². The smallest absolute Gasteiger partial charge is 0.333 e. The van der Waals surface area contributed by atoms with Crippen LogP contribution < -0.4 is 0 Å². The van der Waals surface area contributed by atoms with Crippen molar-refractivity contribution in [2.24, 2.45) is 0 Å². The van der Waals surface area contributed by atoms with Crippen LogP contribution in [0.5, 0.6) is 0 Å². The first-order valence-electron chi connectivity index (χ1n) is 5.21. The van der Waals surface area contributed by atoms with E-state index in [1.165, 1.54) is 25.7 Å². The van der Waals surface area contributed by atoms with Crippen molar-refractivity contribution in [1.29, 1.82) is 0 Å². The van der Waals surface area contributed by atoms with Gasteiger partial charge in [0, 0.05) is 0 Å². The number of carbonyl (C=O) groups excluding carboxylic acids is 1. The van der Waals surface area contributed by atoms with Crippen molar-refractivity contribution in [3.8, 4) is 0 Å². The lowest BCUT2D eigenvalue weighted by Crippen LogP contribution is -2.18. The van der Waals surface area contributed by atoms with Gasteiger partial charge in [0.1, 0.15) is 6.61 Å². The number of aliphatic hydroxyl groups is 1. The molecule has 0 aromatic rings. The number of rotatable bonds is 4. The molecule has 4 nitrogen and oxygen atoms in total. The highest BCUT2D eigenvalue weighted by Gasteiger charge is 2.12. The highest BCUT2D eigenvalue weighted by Crippen LogP contribution is 2.19. The summed E-state index contributed by atoms with van der Waals surface area (Å²) in [5.41, 5.74) is 0. The molecule has 0 saturated heterocycles. The molecular weight excluding hydrogens is 184 g/mol. The first-order chi connectivity index (χ1) is 6.83. The Bertz CT molecular complexity index is 162. The van der Waals surface area contributed by atoms with Crippen LogP contribution in [0.3, 0.4) is 0 Å². The molecule has 4 heteroatoms. The monoisotopic (exact) mass is 202 g/mol. The normalized spacial score (nSPS) is 18.9. The molecule has 1 fully saturated rings. The van der Waals surface area contributed by atoms with E-state index in [0.29, 0.717) is 0 Å². The van der Waals surface area contributed by atoms with E-state index in [0.717, 1.165) is 12.8 Å². The van der Waals surface area contributed by atoms with Gasteiger partial charge in [-0.05, 0) is 12.8 Å². The van der Waals surface area contributed by atoms with Crippen molar-refractivity contribution in [2.75, 3.05) is 13.4 Å². The molecule has 0 bridgehead atoms. The van der Waals surface area contributed by atoms with Crippen LogP contribution in [0.2, 0.25) is 0 Å². The summed E-state index contributed by atoms with van der Waals surface area (Å²) in [5.74, 6) is -0.626. The summed E-state index contributed by atoms with van der Waals surface area (Å²) in [4.78, 5) is 10.6. The van der Waals surface area contributed by atoms with Gasteiger partial charge in [-0.15, -0.1) is 0 Å². The van der Waals surface area contributed by atoms with Crippen LogP contribution in [-0.4, -0.2) is 30.6 Å². The summed E-state index contributed by atoms with van der Waals surface area (Å²) in [6.45, 7) is -0.599. The number of esters is 1. The lowest BCUT2D eigenvalue weighted by Gasteiger charge is -2.14. The highest BCUT2D eigenvalue weighted by molar-refractivity contribution is 5.70. The van der Waals surface area contributed by atoms with E-state index in [1.807, 2.05) is 0 Å². The molecule has 0 aromatic heterocycles. The molecule has 0 aliphatic heterocycles. The molecule has 0 amide bonds. The zero-order chi connectivity index (χ0) is 10.2. The maximum absolute atomic E-state index is 10.6. The molecular formula is C10H18O4. The van der Waals surface area contributed by atoms with Gasteiger partial charge in [-0.25, -0.2) is 4.79 Å². The molecule has 1 aliphatic rings. The van der Waals surface area contributed by atoms with E-state index in [-0.39, 0.29) is 12.9 Å². The molecule has 1 aliphatic carbocycles. The number of aliphatic hydroxyl groups excluding tert-OH is 1. The van der Waals surface area contributed by atoms with Gasteiger partial charge in [0.2, 0.25) is 0 Å². The summed E-state index contributed by atoms with van der Waals surface area (Å²) < 4.78 is 10.0. The van der Waals surface area contributed by atoms with E-state index in [1.54, 1.807) is 0 Å². The number of hydrogen-bond donors (Lipinski definition) is 1. The fourth-order valence-corrected chi connectivity index (χ4v) is 1.65. The summed E-state index contributed by atoms with van der Waals surface area (Å²) in [5, 5.41) is 8.39. The third-order valence-electron chi connectivity index (χ3n) is 2.45. The second-order valence-corrected chi connectivity index (χ2v) is 3.57. The third-order valence-corrected chi connectivity index (χ3v) is 2.45. The second-order valence-electron chi connectivity index (χ2n) is 3.57. The number of hydrogen-bond acceptors (Lipinski definition) is 4. The van der Waals surface area contributed by atoms with E-state index in [2.05, 4.69) is 4.74 Å². The molecule has 0 unspecified atom stereocenters. The van der Waals surface area contributed by atoms with Crippen LogP contribution in [0.4, 0.5) is 0 Å². The molecule has 1 rings (SSSR count). The molecule has 0 spiro atoms. The first-order valence-corrected chi connectivity index (χ1v) is 5.21. The van der Waals surface area contributed by atoms with Gasteiger partial charge < -0.3 is 14.6 Å². The van der Waals surface area contributed by atoms with Crippen molar-refractivity contribution >= 4 is 5.97 Å². The van der Waals surface area contributed by atoms with E-state index in [4.69, 9.17) is 9.84 Å². The van der Waals surface area contributed by atoms with Gasteiger partial charge in [-0.3, -0.25) is 0 Å². The minimum Gasteiger partial charge on any atom is -0.437 e. The molecule has 1 N–H and O–H groups in total. The summed E-state index contributed by atoms with van der Waals surface area (Å²) in [7, 11) is 0. The maximum atomic E-state index is 10.6. The van der Waals surface area contributed by atoms with Crippen LogP contribution in [0.1, 0.15) is 38.5 Å². The average molecular weight is 202 g/mol. The van der Waals surface area contributed by atoms with Crippen molar-refractivity contribution in [2.45, 2.75) is 44.6 Å². The molecule has 0 atom stereocenters. The van der Waals surface area contributed by atoms with Gasteiger partial charge >= 0.3 is 5.97 Å². The zero-order valence-corrected chi connectivity index (χ0v) is 8.41. The van der Waals surface area contributed by atoms with Crippen molar-refractivity contribution < 1.29 is 19.4 Å². The standard InChI is InChI=1S/C10H18O4/c11-7-10(12)14-8-13-9-5-3-1-2-4-6-9/h9,11H,1-8H2. The Kier molecular flexibility index (Phi) is 5.56. The van der Waals surface area contributed by atoms with Crippen LogP contribution >= 0.6 is 0 Å². The predicted octanol–water partition coefficient (Wildman–Crippen LogP) is 1.22. The molecule has 0 heterocycles. The molecule has 14 heavy (non-hydrogen) atoms. The Morgan fingerprint density at radius 2 is 1.86 bits per heavy atom. The third kappa shape index (κ3) is 4.58. The SMILES string of the molecule is O=C(CO)OCOC1CCCCCC1.